The van der Waals surface area contributed by atoms with Gasteiger partial charge in [0.05, 0.1) is 18.2 Å². The summed E-state index contributed by atoms with van der Waals surface area (Å²) < 4.78 is 6.22. The molecular weight excluding hydrogens is 554 g/mol. The second-order valence-corrected chi connectivity index (χ2v) is 11.4. The molecule has 10 heteroatoms. The van der Waals surface area contributed by atoms with Gasteiger partial charge in [0.15, 0.2) is 4.34 Å². The maximum atomic E-state index is 13.4. The number of hydrogen-bond donors (Lipinski definition) is 1. The predicted octanol–water partition coefficient (Wildman–Crippen LogP) is 6.82. The van der Waals surface area contributed by atoms with E-state index in [0.717, 1.165) is 5.56 Å². The lowest BCUT2D eigenvalue weighted by Gasteiger charge is -2.22. The van der Waals surface area contributed by atoms with Crippen LogP contribution in [-0.4, -0.2) is 33.6 Å². The zero-order valence-electron chi connectivity index (χ0n) is 21.1. The quantitative estimate of drug-likeness (QED) is 0.0807. The number of aliphatic hydroxyl groups excluding tert-OH is 1. The number of benzene rings is 3. The van der Waals surface area contributed by atoms with Crippen molar-refractivity contribution in [2.45, 2.75) is 30.0 Å². The van der Waals surface area contributed by atoms with Crippen LogP contribution in [0.5, 0.6) is 5.75 Å². The van der Waals surface area contributed by atoms with Gasteiger partial charge in [0.2, 0.25) is 5.13 Å². The number of amides is 1. The highest BCUT2D eigenvalue weighted by atomic mass is 35.5. The number of ether oxygens (including phenoxy) is 1. The largest absolute Gasteiger partial charge is 0.507 e. The van der Waals surface area contributed by atoms with Gasteiger partial charge < -0.3 is 9.84 Å². The van der Waals surface area contributed by atoms with Gasteiger partial charge in [-0.3, -0.25) is 14.5 Å². The van der Waals surface area contributed by atoms with E-state index in [1.807, 2.05) is 13.8 Å². The minimum absolute atomic E-state index is 0.0319. The maximum absolute atomic E-state index is 13.4. The molecule has 1 aliphatic heterocycles. The number of carbonyl (C=O) groups excluding carboxylic acids is 2. The molecule has 1 N–H and O–H groups in total. The zero-order chi connectivity index (χ0) is 27.5. The summed E-state index contributed by atoms with van der Waals surface area (Å²) in [5, 5.41) is 20.5. The van der Waals surface area contributed by atoms with Gasteiger partial charge in [-0.15, -0.1) is 10.2 Å². The van der Waals surface area contributed by atoms with Gasteiger partial charge >= 0.3 is 5.91 Å². The lowest BCUT2D eigenvalue weighted by atomic mass is 9.95. The number of Topliss-reactive ketones (excluding diaryl/α,β-unsaturated/α-hetero) is 1. The van der Waals surface area contributed by atoms with E-state index in [1.54, 1.807) is 48.5 Å². The van der Waals surface area contributed by atoms with Crippen molar-refractivity contribution in [1.82, 2.24) is 10.2 Å². The fourth-order valence-electron chi connectivity index (χ4n) is 4.21. The van der Waals surface area contributed by atoms with Crippen LogP contribution in [0.25, 0.3) is 5.76 Å². The molecule has 1 aromatic heterocycles. The van der Waals surface area contributed by atoms with Gasteiger partial charge in [0.1, 0.15) is 11.5 Å². The van der Waals surface area contributed by atoms with Crippen LogP contribution in [0.4, 0.5) is 5.13 Å². The van der Waals surface area contributed by atoms with E-state index in [9.17, 15) is 14.7 Å². The van der Waals surface area contributed by atoms with Crippen molar-refractivity contribution in [3.8, 4) is 5.75 Å². The highest BCUT2D eigenvalue weighted by molar-refractivity contribution is 8.00. The first-order chi connectivity index (χ1) is 18.9. The number of aliphatic hydroxyl groups is 1. The van der Waals surface area contributed by atoms with Gasteiger partial charge in [0, 0.05) is 16.3 Å². The third kappa shape index (κ3) is 5.71. The smallest absolute Gasteiger partial charge is 0.301 e. The Morgan fingerprint density at radius 3 is 2.38 bits per heavy atom. The first-order valence-electron chi connectivity index (χ1n) is 12.2. The van der Waals surface area contributed by atoms with Gasteiger partial charge in [-0.25, -0.2) is 0 Å². The van der Waals surface area contributed by atoms with Crippen LogP contribution in [-0.2, 0) is 15.3 Å². The summed E-state index contributed by atoms with van der Waals surface area (Å²) in [7, 11) is 0. The number of nitrogens with zero attached hydrogens (tertiary/aromatic N) is 3. The summed E-state index contributed by atoms with van der Waals surface area (Å²) >= 11 is 8.74. The van der Waals surface area contributed by atoms with Gasteiger partial charge in [0.25, 0.3) is 5.78 Å². The summed E-state index contributed by atoms with van der Waals surface area (Å²) in [4.78, 5) is 28.1. The van der Waals surface area contributed by atoms with Crippen molar-refractivity contribution < 1.29 is 19.4 Å². The van der Waals surface area contributed by atoms with Crippen LogP contribution in [0.1, 0.15) is 35.2 Å². The van der Waals surface area contributed by atoms with E-state index < -0.39 is 17.7 Å². The number of anilines is 1. The number of aryl methyl sites for hydroxylation is 1. The Kier molecular flexibility index (Phi) is 8.02. The minimum atomic E-state index is -0.903. The monoisotopic (exact) mass is 577 g/mol. The molecule has 1 aliphatic rings. The molecule has 0 bridgehead atoms. The lowest BCUT2D eigenvalue weighted by Crippen LogP contribution is -2.29. The summed E-state index contributed by atoms with van der Waals surface area (Å²) in [5.74, 6) is -0.528. The summed E-state index contributed by atoms with van der Waals surface area (Å²) in [6.45, 7) is 4.43. The molecule has 5 rings (SSSR count). The topological polar surface area (TPSA) is 92.6 Å². The molecule has 1 fully saturated rings. The van der Waals surface area contributed by atoms with Gasteiger partial charge in [-0.2, -0.15) is 0 Å². The molecule has 1 atom stereocenters. The Bertz CT molecular complexity index is 1530. The molecule has 0 saturated carbocycles. The van der Waals surface area contributed by atoms with E-state index in [0.29, 0.717) is 38.6 Å². The number of hydrogen-bond acceptors (Lipinski definition) is 8. The minimum Gasteiger partial charge on any atom is -0.507 e. The number of aromatic nitrogens is 2. The summed E-state index contributed by atoms with van der Waals surface area (Å²) in [6, 6.07) is 20.8. The third-order valence-electron chi connectivity index (χ3n) is 6.15. The van der Waals surface area contributed by atoms with Crippen molar-refractivity contribution in [1.29, 1.82) is 0 Å². The Balaban J connectivity index is 1.52. The molecule has 39 heavy (non-hydrogen) atoms. The Labute approximate surface area is 239 Å². The zero-order valence-corrected chi connectivity index (χ0v) is 23.5. The molecule has 4 aromatic rings. The number of carbonyl (C=O) groups is 2. The molecule has 0 aliphatic carbocycles. The Morgan fingerprint density at radius 1 is 1.03 bits per heavy atom. The first-order valence-corrected chi connectivity index (χ1v) is 14.3. The van der Waals surface area contributed by atoms with Crippen LogP contribution >= 0.6 is 34.7 Å². The van der Waals surface area contributed by atoms with E-state index >= 15 is 0 Å². The normalized spacial score (nSPS) is 16.6. The number of halogens is 1. The maximum Gasteiger partial charge on any atom is 0.301 e. The van der Waals surface area contributed by atoms with Crippen LogP contribution in [0, 0.1) is 6.92 Å². The molecule has 3 aromatic carbocycles. The third-order valence-corrected chi connectivity index (χ3v) is 8.53. The average Bonchev–Trinajstić information content (AvgIpc) is 3.51. The highest BCUT2D eigenvalue weighted by Gasteiger charge is 2.48. The van der Waals surface area contributed by atoms with Crippen LogP contribution in [0.3, 0.4) is 0 Å². The second-order valence-electron chi connectivity index (χ2n) is 8.80. The van der Waals surface area contributed by atoms with E-state index in [1.165, 1.54) is 33.6 Å². The van der Waals surface area contributed by atoms with Crippen LogP contribution < -0.4 is 9.64 Å². The SMILES string of the molecule is CCOc1ccc(C2/C(=C(/O)c3ccc(Cl)cc3)C(=O)C(=O)N2c2nnc(SCc3ccc(C)cc3)s2)cc1. The van der Waals surface area contributed by atoms with E-state index in [-0.39, 0.29) is 16.5 Å². The molecule has 0 spiro atoms. The fraction of sp³-hybridized carbons (Fsp3) is 0.172. The number of rotatable bonds is 8. The highest BCUT2D eigenvalue weighted by Crippen LogP contribution is 2.44. The molecule has 1 saturated heterocycles. The second kappa shape index (κ2) is 11.6. The van der Waals surface area contributed by atoms with Crippen LogP contribution in [0.15, 0.2) is 82.7 Å². The molecule has 7 nitrogen and oxygen atoms in total. The number of thioether (sulfide) groups is 1. The Morgan fingerprint density at radius 2 is 1.72 bits per heavy atom. The van der Waals surface area contributed by atoms with Gasteiger partial charge in [-0.05, 0) is 61.4 Å². The van der Waals surface area contributed by atoms with Crippen molar-refractivity contribution in [2.24, 2.45) is 0 Å². The van der Waals surface area contributed by atoms with Crippen molar-refractivity contribution in [3.05, 3.63) is 106 Å². The molecule has 1 amide bonds. The Hall–Kier alpha value is -3.66. The van der Waals surface area contributed by atoms with Crippen molar-refractivity contribution in [3.63, 3.8) is 0 Å². The lowest BCUT2D eigenvalue weighted by molar-refractivity contribution is -0.132. The van der Waals surface area contributed by atoms with E-state index in [4.69, 9.17) is 16.3 Å². The average molecular weight is 578 g/mol. The summed E-state index contributed by atoms with van der Waals surface area (Å²) in [6.07, 6.45) is 0. The van der Waals surface area contributed by atoms with Crippen molar-refractivity contribution in [2.75, 3.05) is 11.5 Å². The first kappa shape index (κ1) is 26.9. The standard InChI is InChI=1S/C29H24ClN3O4S2/c1-3-37-22-14-10-19(11-15-22)24-23(25(34)20-8-12-21(30)13-9-20)26(35)27(36)33(24)28-31-32-29(39-28)38-16-18-6-4-17(2)5-7-18/h4-15,24,34H,3,16H2,1-2H3/b25-23-. The molecular formula is C29H24ClN3O4S2. The molecule has 2 heterocycles. The molecule has 198 valence electrons. The fourth-order valence-corrected chi connectivity index (χ4v) is 6.16. The summed E-state index contributed by atoms with van der Waals surface area (Å²) in [5.41, 5.74) is 3.29. The van der Waals surface area contributed by atoms with Crippen molar-refractivity contribution >= 4 is 57.3 Å². The number of ketones is 1. The van der Waals surface area contributed by atoms with Gasteiger partial charge in [-0.1, -0.05) is 76.7 Å². The predicted molar refractivity (Wildman–Crippen MR) is 154 cm³/mol. The van der Waals surface area contributed by atoms with Crippen LogP contribution in [0.2, 0.25) is 5.02 Å². The molecule has 1 unspecified atom stereocenters. The van der Waals surface area contributed by atoms with E-state index in [2.05, 4.69) is 34.5 Å². The molecule has 0 radical (unpaired) electrons.